The predicted molar refractivity (Wildman–Crippen MR) is 138 cm³/mol. The molecule has 3 N–H and O–H groups in total. The monoisotopic (exact) mass is 507 g/mol. The Hall–Kier alpha value is -2.46. The number of fused-ring (bicyclic) bond motifs is 1. The second-order valence-electron chi connectivity index (χ2n) is 8.71. The molecule has 33 heavy (non-hydrogen) atoms. The van der Waals surface area contributed by atoms with Gasteiger partial charge in [0.1, 0.15) is 5.75 Å². The van der Waals surface area contributed by atoms with E-state index in [4.69, 9.17) is 4.98 Å². The van der Waals surface area contributed by atoms with Gasteiger partial charge in [0, 0.05) is 37.0 Å². The van der Waals surface area contributed by atoms with E-state index in [9.17, 15) is 5.11 Å². The fourth-order valence-electron chi connectivity index (χ4n) is 4.36. The number of halogens is 2. The number of aromatic nitrogens is 5. The molecule has 1 aromatic carbocycles. The fourth-order valence-corrected chi connectivity index (χ4v) is 5.31. The molecule has 1 saturated heterocycles. The second kappa shape index (κ2) is 9.80. The number of H-pyrrole nitrogens is 1. The zero-order valence-corrected chi connectivity index (χ0v) is 21.0. The Morgan fingerprint density at radius 2 is 1.97 bits per heavy atom. The van der Waals surface area contributed by atoms with Crippen LogP contribution in [0.5, 0.6) is 5.75 Å². The van der Waals surface area contributed by atoms with Gasteiger partial charge in [0.2, 0.25) is 0 Å². The van der Waals surface area contributed by atoms with Crippen molar-refractivity contribution < 1.29 is 5.11 Å². The van der Waals surface area contributed by atoms with Crippen molar-refractivity contribution in [1.29, 1.82) is 0 Å². The van der Waals surface area contributed by atoms with Gasteiger partial charge in [0.25, 0.3) is 0 Å². The summed E-state index contributed by atoms with van der Waals surface area (Å²) in [5.41, 5.74) is 3.87. The van der Waals surface area contributed by atoms with Gasteiger partial charge in [-0.15, -0.1) is 35.0 Å². The Morgan fingerprint density at radius 3 is 2.67 bits per heavy atom. The number of nitrogens with zero attached hydrogens (tertiary/aromatic N) is 5. The van der Waals surface area contributed by atoms with Crippen molar-refractivity contribution in [2.75, 3.05) is 25.0 Å². The largest absolute Gasteiger partial charge is 0.507 e. The third-order valence-corrected chi connectivity index (χ3v) is 7.18. The molecule has 0 spiro atoms. The summed E-state index contributed by atoms with van der Waals surface area (Å²) >= 11 is 1.61. The molecule has 1 fully saturated rings. The summed E-state index contributed by atoms with van der Waals surface area (Å²) in [5.74, 6) is 0.158. The van der Waals surface area contributed by atoms with Gasteiger partial charge in [0.05, 0.1) is 16.6 Å². The van der Waals surface area contributed by atoms with Crippen molar-refractivity contribution in [1.82, 2.24) is 30.7 Å². The Balaban J connectivity index is 0.00000153. The van der Waals surface area contributed by atoms with E-state index in [1.165, 1.54) is 0 Å². The standard InChI is InChI=1S/C22H25N7OS.2ClH/c1-22(2)12-23-7-6-19(22)29(3)21-26-20-18(31-21)9-16(27-28-20)15-5-4-13(8-17(15)30)14-10-24-25-11-14;;/h4-5,8-11,19,23,30H,6-7,12H2,1-3H3,(H,24,25);2*1H. The molecule has 0 aliphatic carbocycles. The van der Waals surface area contributed by atoms with Crippen molar-refractivity contribution >= 4 is 51.6 Å². The van der Waals surface area contributed by atoms with Crippen LogP contribution >= 0.6 is 36.2 Å². The second-order valence-corrected chi connectivity index (χ2v) is 9.72. The highest BCUT2D eigenvalue weighted by Gasteiger charge is 2.36. The fraction of sp³-hybridized carbons (Fsp3) is 0.364. The number of nitrogens with one attached hydrogen (secondary N) is 2. The van der Waals surface area contributed by atoms with E-state index >= 15 is 0 Å². The first-order valence-corrected chi connectivity index (χ1v) is 11.1. The lowest BCUT2D eigenvalue weighted by molar-refractivity contribution is 0.215. The molecule has 0 amide bonds. The number of benzene rings is 1. The number of rotatable bonds is 4. The van der Waals surface area contributed by atoms with E-state index in [1.54, 1.807) is 29.8 Å². The minimum Gasteiger partial charge on any atom is -0.507 e. The van der Waals surface area contributed by atoms with Crippen LogP contribution in [0.15, 0.2) is 36.7 Å². The molecule has 1 aliphatic heterocycles. The Labute approximate surface area is 208 Å². The highest BCUT2D eigenvalue weighted by Crippen LogP contribution is 2.37. The quantitative estimate of drug-likeness (QED) is 0.373. The first-order valence-electron chi connectivity index (χ1n) is 10.3. The minimum absolute atomic E-state index is 0. The summed E-state index contributed by atoms with van der Waals surface area (Å²) in [7, 11) is 2.12. The van der Waals surface area contributed by atoms with Gasteiger partial charge in [-0.3, -0.25) is 5.10 Å². The average Bonchev–Trinajstić information content (AvgIpc) is 3.42. The third-order valence-electron chi connectivity index (χ3n) is 6.10. The molecule has 11 heteroatoms. The van der Waals surface area contributed by atoms with Gasteiger partial charge in [-0.05, 0) is 42.1 Å². The number of phenols is 1. The van der Waals surface area contributed by atoms with Crippen LogP contribution in [0.3, 0.4) is 0 Å². The topological polar surface area (TPSA) is 103 Å². The zero-order valence-electron chi connectivity index (χ0n) is 18.6. The van der Waals surface area contributed by atoms with Crippen molar-refractivity contribution in [2.24, 2.45) is 5.41 Å². The maximum absolute atomic E-state index is 10.6. The molecular weight excluding hydrogens is 481 g/mol. The Bertz CT molecular complexity index is 1230. The lowest BCUT2D eigenvalue weighted by atomic mass is 9.79. The van der Waals surface area contributed by atoms with Gasteiger partial charge in [-0.1, -0.05) is 31.3 Å². The van der Waals surface area contributed by atoms with Gasteiger partial charge >= 0.3 is 0 Å². The minimum atomic E-state index is 0. The van der Waals surface area contributed by atoms with Crippen LogP contribution in [-0.4, -0.2) is 56.7 Å². The van der Waals surface area contributed by atoms with E-state index in [1.807, 2.05) is 18.2 Å². The van der Waals surface area contributed by atoms with Gasteiger partial charge in [-0.2, -0.15) is 10.1 Å². The van der Waals surface area contributed by atoms with Crippen LogP contribution < -0.4 is 10.2 Å². The molecule has 1 unspecified atom stereocenters. The van der Waals surface area contributed by atoms with Crippen LogP contribution in [0.1, 0.15) is 20.3 Å². The summed E-state index contributed by atoms with van der Waals surface area (Å²) in [6, 6.07) is 7.88. The molecule has 8 nitrogen and oxygen atoms in total. The number of thiazole rings is 1. The Morgan fingerprint density at radius 1 is 1.15 bits per heavy atom. The van der Waals surface area contributed by atoms with Crippen molar-refractivity contribution in [2.45, 2.75) is 26.3 Å². The zero-order chi connectivity index (χ0) is 21.6. The predicted octanol–water partition coefficient (Wildman–Crippen LogP) is 4.52. The van der Waals surface area contributed by atoms with E-state index in [2.05, 4.69) is 51.5 Å². The number of hydrogen-bond acceptors (Lipinski definition) is 8. The molecule has 1 aliphatic rings. The number of aromatic amines is 1. The van der Waals surface area contributed by atoms with E-state index in [-0.39, 0.29) is 36.0 Å². The summed E-state index contributed by atoms with van der Waals surface area (Å²) in [4.78, 5) is 7.02. The number of aromatic hydroxyl groups is 1. The van der Waals surface area contributed by atoms with Gasteiger partial charge < -0.3 is 15.3 Å². The average molecular weight is 508 g/mol. The lowest BCUT2D eigenvalue weighted by Gasteiger charge is -2.44. The molecule has 3 aromatic heterocycles. The van der Waals surface area contributed by atoms with E-state index in [0.29, 0.717) is 22.9 Å². The van der Waals surface area contributed by atoms with Crippen molar-refractivity contribution in [3.63, 3.8) is 0 Å². The molecule has 5 rings (SSSR count). The molecule has 0 bridgehead atoms. The SMILES string of the molecule is CN(c1nc2nnc(-c3ccc(-c4cn[nH]c4)cc3O)cc2s1)C1CCNCC1(C)C.Cl.Cl. The maximum atomic E-state index is 10.6. The van der Waals surface area contributed by atoms with Gasteiger partial charge in [-0.25, -0.2) is 0 Å². The highest BCUT2D eigenvalue weighted by atomic mass is 35.5. The first-order chi connectivity index (χ1) is 14.9. The number of piperidine rings is 1. The highest BCUT2D eigenvalue weighted by molar-refractivity contribution is 7.22. The van der Waals surface area contributed by atoms with Crippen LogP contribution in [0.25, 0.3) is 32.7 Å². The van der Waals surface area contributed by atoms with Crippen LogP contribution in [0.2, 0.25) is 0 Å². The van der Waals surface area contributed by atoms with Crippen molar-refractivity contribution in [3.05, 3.63) is 36.7 Å². The number of anilines is 1. The lowest BCUT2D eigenvalue weighted by Crippen LogP contribution is -2.53. The molecule has 176 valence electrons. The van der Waals surface area contributed by atoms with Crippen LogP contribution in [0.4, 0.5) is 5.13 Å². The summed E-state index contributed by atoms with van der Waals surface area (Å²) in [5, 5.41) is 30.5. The summed E-state index contributed by atoms with van der Waals surface area (Å²) < 4.78 is 0.955. The van der Waals surface area contributed by atoms with Crippen LogP contribution in [0, 0.1) is 5.41 Å². The van der Waals surface area contributed by atoms with E-state index in [0.717, 1.165) is 40.5 Å². The molecule has 1 atom stereocenters. The van der Waals surface area contributed by atoms with Crippen molar-refractivity contribution in [3.8, 4) is 28.1 Å². The molecule has 4 aromatic rings. The molecule has 4 heterocycles. The van der Waals surface area contributed by atoms with Crippen LogP contribution in [-0.2, 0) is 0 Å². The Kier molecular flexibility index (Phi) is 7.48. The van der Waals surface area contributed by atoms with E-state index < -0.39 is 0 Å². The maximum Gasteiger partial charge on any atom is 0.194 e. The molecular formula is C22H27Cl2N7OS. The molecule has 0 radical (unpaired) electrons. The number of hydrogen-bond donors (Lipinski definition) is 3. The number of phenolic OH excluding ortho intramolecular Hbond substituents is 1. The first kappa shape index (κ1) is 25.2. The van der Waals surface area contributed by atoms with Gasteiger partial charge in [0.15, 0.2) is 10.8 Å². The third kappa shape index (κ3) is 4.77. The summed E-state index contributed by atoms with van der Waals surface area (Å²) in [6.07, 6.45) is 4.59. The molecule has 0 saturated carbocycles. The smallest absolute Gasteiger partial charge is 0.194 e. The normalized spacial score (nSPS) is 17.2. The summed E-state index contributed by atoms with van der Waals surface area (Å²) in [6.45, 7) is 6.59.